The van der Waals surface area contributed by atoms with E-state index in [1.807, 2.05) is 61.7 Å². The zero-order valence-electron chi connectivity index (χ0n) is 20.0. The number of nitrogens with zero attached hydrogens (tertiary/aromatic N) is 4. The first-order chi connectivity index (χ1) is 17.1. The second kappa shape index (κ2) is 11.5. The van der Waals surface area contributed by atoms with Gasteiger partial charge in [-0.25, -0.2) is 4.68 Å². The van der Waals surface area contributed by atoms with Crippen molar-refractivity contribution in [1.82, 2.24) is 20.0 Å². The van der Waals surface area contributed by atoms with Crippen molar-refractivity contribution in [3.8, 4) is 28.8 Å². The maximum absolute atomic E-state index is 12.8. The van der Waals surface area contributed by atoms with Crippen LogP contribution < -0.4 is 10.1 Å². The number of nitriles is 1. The standard InChI is InChI=1S/C27H29N5O3/c1-20-16-21(8-9-25(20)34-2)26-23(19-32(30-26)24-6-4-3-5-7-24)17-22(18-28)27(33)29-10-11-31-12-14-35-15-13-31/h3-9,16-17,19H,10-15H2,1-2H3,(H,29,33)/b22-17-. The van der Waals surface area contributed by atoms with E-state index in [1.165, 1.54) is 0 Å². The van der Waals surface area contributed by atoms with Gasteiger partial charge in [-0.1, -0.05) is 18.2 Å². The highest BCUT2D eigenvalue weighted by Gasteiger charge is 2.17. The Hall–Kier alpha value is -3.93. The first kappa shape index (κ1) is 24.2. The first-order valence-corrected chi connectivity index (χ1v) is 11.6. The Balaban J connectivity index is 1.62. The number of rotatable bonds is 8. The summed E-state index contributed by atoms with van der Waals surface area (Å²) in [5, 5.41) is 17.4. The zero-order valence-corrected chi connectivity index (χ0v) is 20.0. The van der Waals surface area contributed by atoms with Crippen LogP contribution in [0.15, 0.2) is 60.3 Å². The van der Waals surface area contributed by atoms with Gasteiger partial charge >= 0.3 is 0 Å². The zero-order chi connectivity index (χ0) is 24.6. The summed E-state index contributed by atoms with van der Waals surface area (Å²) < 4.78 is 12.5. The molecule has 0 bridgehead atoms. The number of amides is 1. The van der Waals surface area contributed by atoms with Crippen molar-refractivity contribution in [2.75, 3.05) is 46.5 Å². The molecule has 1 aliphatic rings. The fourth-order valence-electron chi connectivity index (χ4n) is 4.01. The van der Waals surface area contributed by atoms with Gasteiger partial charge in [0.15, 0.2) is 0 Å². The minimum atomic E-state index is -0.398. The summed E-state index contributed by atoms with van der Waals surface area (Å²) in [6.07, 6.45) is 3.44. The molecule has 1 saturated heterocycles. The number of carbonyl (C=O) groups excluding carboxylic acids is 1. The first-order valence-electron chi connectivity index (χ1n) is 11.6. The summed E-state index contributed by atoms with van der Waals surface area (Å²) in [6.45, 7) is 6.25. The molecule has 1 amide bonds. The molecule has 0 unspecified atom stereocenters. The molecule has 1 aliphatic heterocycles. The van der Waals surface area contributed by atoms with Crippen LogP contribution in [0.1, 0.15) is 11.1 Å². The Bertz CT molecular complexity index is 1240. The molecule has 0 saturated carbocycles. The number of methoxy groups -OCH3 is 1. The number of carbonyl (C=O) groups is 1. The minimum Gasteiger partial charge on any atom is -0.496 e. The van der Waals surface area contributed by atoms with Gasteiger partial charge in [-0.05, 0) is 48.9 Å². The van der Waals surface area contributed by atoms with Crippen LogP contribution in [-0.4, -0.2) is 67.1 Å². The Morgan fingerprint density at radius 2 is 2.00 bits per heavy atom. The van der Waals surface area contributed by atoms with Crippen molar-refractivity contribution in [3.05, 3.63) is 71.4 Å². The van der Waals surface area contributed by atoms with Crippen LogP contribution in [0.5, 0.6) is 5.75 Å². The molecule has 180 valence electrons. The molecule has 8 heteroatoms. The third-order valence-electron chi connectivity index (χ3n) is 5.91. The highest BCUT2D eigenvalue weighted by Crippen LogP contribution is 2.29. The van der Waals surface area contributed by atoms with Crippen LogP contribution in [0.25, 0.3) is 23.0 Å². The number of para-hydroxylation sites is 1. The predicted molar refractivity (Wildman–Crippen MR) is 134 cm³/mol. The van der Waals surface area contributed by atoms with E-state index in [9.17, 15) is 10.1 Å². The molecule has 8 nitrogen and oxygen atoms in total. The van der Waals surface area contributed by atoms with E-state index >= 15 is 0 Å². The quantitative estimate of drug-likeness (QED) is 0.401. The summed E-state index contributed by atoms with van der Waals surface area (Å²) in [5.41, 5.74) is 4.11. The van der Waals surface area contributed by atoms with E-state index in [4.69, 9.17) is 14.6 Å². The lowest BCUT2D eigenvalue weighted by atomic mass is 10.0. The molecule has 3 aromatic rings. The Morgan fingerprint density at radius 1 is 1.23 bits per heavy atom. The molecule has 1 aromatic heterocycles. The average Bonchev–Trinajstić information content (AvgIpc) is 3.32. The Labute approximate surface area is 205 Å². The second-order valence-corrected chi connectivity index (χ2v) is 8.28. The van der Waals surface area contributed by atoms with Crippen LogP contribution in [-0.2, 0) is 9.53 Å². The van der Waals surface area contributed by atoms with E-state index in [1.54, 1.807) is 17.9 Å². The molecular weight excluding hydrogens is 442 g/mol. The van der Waals surface area contributed by atoms with Gasteiger partial charge in [0.25, 0.3) is 5.91 Å². The van der Waals surface area contributed by atoms with Gasteiger partial charge in [0.2, 0.25) is 0 Å². The van der Waals surface area contributed by atoms with Crippen LogP contribution in [0.4, 0.5) is 0 Å². The fraction of sp³-hybridized carbons (Fsp3) is 0.296. The van der Waals surface area contributed by atoms with E-state index < -0.39 is 5.91 Å². The topological polar surface area (TPSA) is 92.4 Å². The van der Waals surface area contributed by atoms with Gasteiger partial charge in [0.1, 0.15) is 23.1 Å². The highest BCUT2D eigenvalue weighted by atomic mass is 16.5. The van der Waals surface area contributed by atoms with Gasteiger partial charge in [0.05, 0.1) is 26.0 Å². The lowest BCUT2D eigenvalue weighted by Crippen LogP contribution is -2.41. The number of ether oxygens (including phenoxy) is 2. The molecule has 0 radical (unpaired) electrons. The molecule has 2 aromatic carbocycles. The largest absolute Gasteiger partial charge is 0.496 e. The van der Waals surface area contributed by atoms with Crippen molar-refractivity contribution in [2.45, 2.75) is 6.92 Å². The monoisotopic (exact) mass is 471 g/mol. The lowest BCUT2D eigenvalue weighted by molar-refractivity contribution is -0.117. The molecule has 0 aliphatic carbocycles. The predicted octanol–water partition coefficient (Wildman–Crippen LogP) is 3.21. The third-order valence-corrected chi connectivity index (χ3v) is 5.91. The van der Waals surface area contributed by atoms with E-state index in [0.717, 1.165) is 42.2 Å². The number of benzene rings is 2. The maximum atomic E-state index is 12.8. The van der Waals surface area contributed by atoms with Gasteiger partial charge in [0, 0.05) is 43.5 Å². The van der Waals surface area contributed by atoms with Gasteiger partial charge < -0.3 is 14.8 Å². The van der Waals surface area contributed by atoms with Crippen LogP contribution in [0, 0.1) is 18.3 Å². The van der Waals surface area contributed by atoms with Crippen molar-refractivity contribution in [1.29, 1.82) is 5.26 Å². The average molecular weight is 472 g/mol. The number of hydrogen-bond donors (Lipinski definition) is 1. The van der Waals surface area contributed by atoms with E-state index in [0.29, 0.717) is 31.0 Å². The lowest BCUT2D eigenvalue weighted by Gasteiger charge is -2.26. The summed E-state index contributed by atoms with van der Waals surface area (Å²) in [6, 6.07) is 17.6. The Morgan fingerprint density at radius 3 is 2.69 bits per heavy atom. The van der Waals surface area contributed by atoms with Crippen LogP contribution in [0.3, 0.4) is 0 Å². The number of aromatic nitrogens is 2. The van der Waals surface area contributed by atoms with Crippen molar-refractivity contribution in [2.24, 2.45) is 0 Å². The molecule has 2 heterocycles. The van der Waals surface area contributed by atoms with Gasteiger partial charge in [-0.15, -0.1) is 0 Å². The van der Waals surface area contributed by atoms with Crippen molar-refractivity contribution in [3.63, 3.8) is 0 Å². The smallest absolute Gasteiger partial charge is 0.262 e. The Kier molecular flexibility index (Phi) is 7.93. The number of hydrogen-bond acceptors (Lipinski definition) is 6. The van der Waals surface area contributed by atoms with Gasteiger partial charge in [-0.3, -0.25) is 9.69 Å². The van der Waals surface area contributed by atoms with E-state index in [2.05, 4.69) is 16.3 Å². The SMILES string of the molecule is COc1ccc(-c2nn(-c3ccccc3)cc2/C=C(/C#N)C(=O)NCCN2CCOCC2)cc1C. The van der Waals surface area contributed by atoms with Crippen LogP contribution >= 0.6 is 0 Å². The second-order valence-electron chi connectivity index (χ2n) is 8.28. The third kappa shape index (κ3) is 5.96. The van der Waals surface area contributed by atoms with Crippen molar-refractivity contribution >= 4 is 12.0 Å². The normalized spacial score (nSPS) is 14.4. The number of nitrogens with one attached hydrogen (secondary N) is 1. The summed E-state index contributed by atoms with van der Waals surface area (Å²) in [5.74, 6) is 0.385. The molecule has 4 rings (SSSR count). The number of aryl methyl sites for hydroxylation is 1. The van der Waals surface area contributed by atoms with Crippen molar-refractivity contribution < 1.29 is 14.3 Å². The minimum absolute atomic E-state index is 0.0334. The summed E-state index contributed by atoms with van der Waals surface area (Å²) >= 11 is 0. The summed E-state index contributed by atoms with van der Waals surface area (Å²) in [4.78, 5) is 15.0. The fourth-order valence-corrected chi connectivity index (χ4v) is 4.01. The number of morpholine rings is 1. The van der Waals surface area contributed by atoms with Gasteiger partial charge in [-0.2, -0.15) is 10.4 Å². The summed E-state index contributed by atoms with van der Waals surface area (Å²) in [7, 11) is 1.64. The highest BCUT2D eigenvalue weighted by molar-refractivity contribution is 6.02. The molecule has 0 atom stereocenters. The molecule has 35 heavy (non-hydrogen) atoms. The molecule has 0 spiro atoms. The van der Waals surface area contributed by atoms with Crippen LogP contribution in [0.2, 0.25) is 0 Å². The maximum Gasteiger partial charge on any atom is 0.262 e. The molecular formula is C27H29N5O3. The molecule has 1 N–H and O–H groups in total. The van der Waals surface area contributed by atoms with E-state index in [-0.39, 0.29) is 5.57 Å². The molecule has 1 fully saturated rings.